The van der Waals surface area contributed by atoms with Crippen molar-refractivity contribution in [3.8, 4) is 10.4 Å². The lowest BCUT2D eigenvalue weighted by Gasteiger charge is -2.03. The number of hydrogen-bond acceptors (Lipinski definition) is 4. The summed E-state index contributed by atoms with van der Waals surface area (Å²) in [7, 11) is 1.41. The topological polar surface area (TPSA) is 38.3 Å². The van der Waals surface area contributed by atoms with Crippen LogP contribution in [0.2, 0.25) is 0 Å². The molecule has 1 aromatic carbocycles. The monoisotopic (exact) mass is 275 g/mol. The smallest absolute Gasteiger partial charge is 0.350 e. The molecule has 100 valence electrons. The van der Waals surface area contributed by atoms with Gasteiger partial charge < -0.3 is 10.1 Å². The van der Waals surface area contributed by atoms with Crippen molar-refractivity contribution >= 4 is 23.0 Å². The molecule has 0 unspecified atom stereocenters. The first kappa shape index (κ1) is 13.6. The molecule has 2 aromatic rings. The molecule has 0 fully saturated rings. The van der Waals surface area contributed by atoms with Gasteiger partial charge in [-0.05, 0) is 18.1 Å². The van der Waals surface area contributed by atoms with Crippen LogP contribution in [-0.2, 0) is 4.74 Å². The third kappa shape index (κ3) is 3.15. The van der Waals surface area contributed by atoms with Gasteiger partial charge in [-0.3, -0.25) is 0 Å². The molecule has 0 aliphatic carbocycles. The average molecular weight is 275 g/mol. The Labute approximate surface area is 117 Å². The summed E-state index contributed by atoms with van der Waals surface area (Å²) in [6.45, 7) is 2.93. The number of methoxy groups -OCH3 is 1. The number of nitrogens with one attached hydrogen (secondary N) is 1. The molecule has 0 spiro atoms. The molecule has 0 saturated carbocycles. The minimum atomic E-state index is -0.286. The summed E-state index contributed by atoms with van der Waals surface area (Å²) in [5.74, 6) is -0.286. The molecule has 1 N–H and O–H groups in total. The molecule has 3 nitrogen and oxygen atoms in total. The highest BCUT2D eigenvalue weighted by Crippen LogP contribution is 2.35. The Bertz CT molecular complexity index is 549. The van der Waals surface area contributed by atoms with Crippen LogP contribution in [0.1, 0.15) is 23.0 Å². The van der Waals surface area contributed by atoms with Crippen molar-refractivity contribution in [3.05, 3.63) is 41.3 Å². The van der Waals surface area contributed by atoms with Crippen molar-refractivity contribution < 1.29 is 9.53 Å². The lowest BCUT2D eigenvalue weighted by Crippen LogP contribution is -2.05. The maximum atomic E-state index is 11.8. The van der Waals surface area contributed by atoms with Crippen molar-refractivity contribution in [3.63, 3.8) is 0 Å². The second kappa shape index (κ2) is 6.38. The third-order valence-electron chi connectivity index (χ3n) is 2.73. The van der Waals surface area contributed by atoms with Crippen LogP contribution < -0.4 is 5.32 Å². The molecule has 2 rings (SSSR count). The number of thiophene rings is 1. The SMILES string of the molecule is CCCNc1cc(-c2ccccc2)sc1C(=O)OC. The summed E-state index contributed by atoms with van der Waals surface area (Å²) >= 11 is 1.46. The highest BCUT2D eigenvalue weighted by atomic mass is 32.1. The van der Waals surface area contributed by atoms with E-state index in [9.17, 15) is 4.79 Å². The van der Waals surface area contributed by atoms with Crippen LogP contribution in [0.4, 0.5) is 5.69 Å². The molecular formula is C15H17NO2S. The maximum absolute atomic E-state index is 11.8. The Morgan fingerprint density at radius 1 is 1.32 bits per heavy atom. The van der Waals surface area contributed by atoms with Crippen LogP contribution in [0.25, 0.3) is 10.4 Å². The molecule has 0 saturated heterocycles. The molecular weight excluding hydrogens is 258 g/mol. The van der Waals surface area contributed by atoms with Crippen molar-refractivity contribution in [2.24, 2.45) is 0 Å². The van der Waals surface area contributed by atoms with Crippen molar-refractivity contribution in [2.75, 3.05) is 19.0 Å². The molecule has 0 atom stereocenters. The molecule has 1 heterocycles. The van der Waals surface area contributed by atoms with Crippen molar-refractivity contribution in [2.45, 2.75) is 13.3 Å². The Kier molecular flexibility index (Phi) is 4.58. The van der Waals surface area contributed by atoms with E-state index >= 15 is 0 Å². The second-order valence-electron chi connectivity index (χ2n) is 4.14. The number of esters is 1. The number of anilines is 1. The van der Waals surface area contributed by atoms with E-state index in [-0.39, 0.29) is 5.97 Å². The fourth-order valence-corrected chi connectivity index (χ4v) is 2.83. The summed E-state index contributed by atoms with van der Waals surface area (Å²) in [6, 6.07) is 12.1. The first-order valence-corrected chi connectivity index (χ1v) is 7.09. The summed E-state index contributed by atoms with van der Waals surface area (Å²) < 4.78 is 4.84. The zero-order chi connectivity index (χ0) is 13.7. The van der Waals surface area contributed by atoms with Gasteiger partial charge in [-0.15, -0.1) is 11.3 Å². The lowest BCUT2D eigenvalue weighted by molar-refractivity contribution is 0.0607. The lowest BCUT2D eigenvalue weighted by atomic mass is 10.2. The molecule has 19 heavy (non-hydrogen) atoms. The van der Waals surface area contributed by atoms with E-state index in [0.717, 1.165) is 29.1 Å². The fraction of sp³-hybridized carbons (Fsp3) is 0.267. The van der Waals surface area contributed by atoms with Gasteiger partial charge in [0.05, 0.1) is 12.8 Å². The quantitative estimate of drug-likeness (QED) is 0.837. The number of ether oxygens (including phenoxy) is 1. The van der Waals surface area contributed by atoms with Crippen LogP contribution in [0.3, 0.4) is 0 Å². The number of carbonyl (C=O) groups is 1. The maximum Gasteiger partial charge on any atom is 0.350 e. The van der Waals surface area contributed by atoms with Gasteiger partial charge >= 0.3 is 5.97 Å². The van der Waals surface area contributed by atoms with Gasteiger partial charge in [0, 0.05) is 11.4 Å². The molecule has 1 aromatic heterocycles. The first-order chi connectivity index (χ1) is 9.26. The van der Waals surface area contributed by atoms with Gasteiger partial charge in [-0.25, -0.2) is 4.79 Å². The number of hydrogen-bond donors (Lipinski definition) is 1. The Morgan fingerprint density at radius 3 is 2.68 bits per heavy atom. The third-order valence-corrected chi connectivity index (χ3v) is 3.89. The van der Waals surface area contributed by atoms with Gasteiger partial charge in [-0.1, -0.05) is 37.3 Å². The average Bonchev–Trinajstić information content (AvgIpc) is 2.89. The van der Waals surface area contributed by atoms with E-state index in [1.807, 2.05) is 36.4 Å². The Morgan fingerprint density at radius 2 is 2.05 bits per heavy atom. The minimum absolute atomic E-state index is 0.286. The highest BCUT2D eigenvalue weighted by Gasteiger charge is 2.17. The van der Waals surface area contributed by atoms with E-state index in [0.29, 0.717) is 4.88 Å². The highest BCUT2D eigenvalue weighted by molar-refractivity contribution is 7.18. The molecule has 0 radical (unpaired) electrons. The minimum Gasteiger partial charge on any atom is -0.465 e. The normalized spacial score (nSPS) is 10.2. The van der Waals surface area contributed by atoms with Crippen LogP contribution >= 0.6 is 11.3 Å². The summed E-state index contributed by atoms with van der Waals surface area (Å²) in [5, 5.41) is 3.28. The number of carbonyl (C=O) groups excluding carboxylic acids is 1. The molecule has 0 bridgehead atoms. The second-order valence-corrected chi connectivity index (χ2v) is 5.19. The van der Waals surface area contributed by atoms with Crippen LogP contribution in [0.15, 0.2) is 36.4 Å². The molecule has 0 aliphatic rings. The molecule has 0 amide bonds. The number of rotatable bonds is 5. The van der Waals surface area contributed by atoms with Gasteiger partial charge in [0.15, 0.2) is 0 Å². The van der Waals surface area contributed by atoms with Crippen molar-refractivity contribution in [1.82, 2.24) is 0 Å². The predicted molar refractivity (Wildman–Crippen MR) is 79.9 cm³/mol. The number of benzene rings is 1. The zero-order valence-corrected chi connectivity index (χ0v) is 11.9. The van der Waals surface area contributed by atoms with Crippen LogP contribution in [-0.4, -0.2) is 19.6 Å². The van der Waals surface area contributed by atoms with Gasteiger partial charge in [0.25, 0.3) is 0 Å². The largest absolute Gasteiger partial charge is 0.465 e. The summed E-state index contributed by atoms with van der Waals surface area (Å²) in [6.07, 6.45) is 1.01. The standard InChI is InChI=1S/C15H17NO2S/c1-3-9-16-12-10-13(11-7-5-4-6-8-11)19-14(12)15(17)18-2/h4-8,10,16H,3,9H2,1-2H3. The van der Waals surface area contributed by atoms with Gasteiger partial charge in [0.2, 0.25) is 0 Å². The molecule has 4 heteroatoms. The van der Waals surface area contributed by atoms with Crippen LogP contribution in [0.5, 0.6) is 0 Å². The van der Waals surface area contributed by atoms with Gasteiger partial charge in [0.1, 0.15) is 4.88 Å². The Balaban J connectivity index is 2.36. The van der Waals surface area contributed by atoms with Crippen molar-refractivity contribution in [1.29, 1.82) is 0 Å². The van der Waals surface area contributed by atoms with Crippen LogP contribution in [0, 0.1) is 0 Å². The predicted octanol–water partition coefficient (Wildman–Crippen LogP) is 4.02. The molecule has 0 aliphatic heterocycles. The van der Waals surface area contributed by atoms with E-state index < -0.39 is 0 Å². The first-order valence-electron chi connectivity index (χ1n) is 6.27. The fourth-order valence-electron chi connectivity index (χ4n) is 1.77. The van der Waals surface area contributed by atoms with E-state index in [4.69, 9.17) is 4.74 Å². The Hall–Kier alpha value is -1.81. The van der Waals surface area contributed by atoms with E-state index in [1.54, 1.807) is 0 Å². The summed E-state index contributed by atoms with van der Waals surface area (Å²) in [5.41, 5.74) is 1.97. The zero-order valence-electron chi connectivity index (χ0n) is 11.1. The summed E-state index contributed by atoms with van der Waals surface area (Å²) in [4.78, 5) is 13.5. The van der Waals surface area contributed by atoms with E-state index in [1.165, 1.54) is 18.4 Å². The van der Waals surface area contributed by atoms with Gasteiger partial charge in [-0.2, -0.15) is 0 Å². The van der Waals surface area contributed by atoms with E-state index in [2.05, 4.69) is 12.2 Å².